The van der Waals surface area contributed by atoms with Crippen molar-refractivity contribution >= 4 is 5.91 Å². The first-order chi connectivity index (χ1) is 12.8. The second kappa shape index (κ2) is 6.09. The summed E-state index contributed by atoms with van der Waals surface area (Å²) in [6, 6.07) is 17.6. The van der Waals surface area contributed by atoms with Crippen molar-refractivity contribution in [1.82, 2.24) is 20.1 Å². The quantitative estimate of drug-likeness (QED) is 0.792. The van der Waals surface area contributed by atoms with E-state index in [2.05, 4.69) is 63.9 Å². The molecule has 1 unspecified atom stereocenters. The number of hydrogen-bond acceptors (Lipinski definition) is 3. The van der Waals surface area contributed by atoms with E-state index in [1.807, 2.05) is 0 Å². The lowest BCUT2D eigenvalue weighted by Crippen LogP contribution is -2.40. The van der Waals surface area contributed by atoms with Crippen molar-refractivity contribution in [3.05, 3.63) is 83.4 Å². The van der Waals surface area contributed by atoms with E-state index in [9.17, 15) is 4.79 Å². The van der Waals surface area contributed by atoms with E-state index in [-0.39, 0.29) is 12.5 Å². The Balaban J connectivity index is 1.39. The van der Waals surface area contributed by atoms with Gasteiger partial charge in [0.2, 0.25) is 5.91 Å². The molecule has 3 aromatic rings. The second-order valence-corrected chi connectivity index (χ2v) is 7.18. The molecule has 0 aliphatic heterocycles. The molecule has 1 N–H and O–H groups in total. The lowest BCUT2D eigenvalue weighted by Gasteiger charge is -2.45. The minimum atomic E-state index is -0.0153. The molecule has 0 fully saturated rings. The number of amides is 1. The van der Waals surface area contributed by atoms with E-state index in [4.69, 9.17) is 0 Å². The second-order valence-electron chi connectivity index (χ2n) is 7.18. The Morgan fingerprint density at radius 2 is 1.69 bits per heavy atom. The predicted octanol–water partition coefficient (Wildman–Crippen LogP) is 2.69. The first-order valence-electron chi connectivity index (χ1n) is 9.08. The summed E-state index contributed by atoms with van der Waals surface area (Å²) < 4.78 is 1.55. The van der Waals surface area contributed by atoms with Gasteiger partial charge < -0.3 is 5.32 Å². The van der Waals surface area contributed by atoms with E-state index in [0.717, 1.165) is 6.42 Å². The average Bonchev–Trinajstić information content (AvgIpc) is 3.19. The Morgan fingerprint density at radius 3 is 2.31 bits per heavy atom. The Bertz CT molecular complexity index is 903. The molecule has 3 aliphatic rings. The standard InChI is InChI=1S/C21H20N4O/c26-20(11-25-13-22-12-24-25)23-10-14-9-19-15-5-1-3-7-17(15)21(14)18-8-4-2-6-16(18)19/h1-8,12-14,19,21H,9-11H2,(H,23,26). The summed E-state index contributed by atoms with van der Waals surface area (Å²) in [4.78, 5) is 16.1. The molecule has 1 aromatic heterocycles. The summed E-state index contributed by atoms with van der Waals surface area (Å²) in [5.74, 6) is 1.20. The zero-order chi connectivity index (χ0) is 17.5. The summed E-state index contributed by atoms with van der Waals surface area (Å²) >= 11 is 0. The Morgan fingerprint density at radius 1 is 1.04 bits per heavy atom. The number of carbonyl (C=O) groups excluding carboxylic acids is 1. The van der Waals surface area contributed by atoms with Crippen molar-refractivity contribution < 1.29 is 4.79 Å². The van der Waals surface area contributed by atoms with Crippen LogP contribution in [0, 0.1) is 5.92 Å². The maximum Gasteiger partial charge on any atom is 0.241 e. The molecule has 2 bridgehead atoms. The molecule has 5 nitrogen and oxygen atoms in total. The highest BCUT2D eigenvalue weighted by molar-refractivity contribution is 5.75. The van der Waals surface area contributed by atoms with Gasteiger partial charge in [0, 0.05) is 18.4 Å². The van der Waals surface area contributed by atoms with Crippen LogP contribution in [0.2, 0.25) is 0 Å². The van der Waals surface area contributed by atoms with Crippen LogP contribution in [0.15, 0.2) is 61.2 Å². The fourth-order valence-corrected chi connectivity index (χ4v) is 4.72. The molecule has 5 heteroatoms. The van der Waals surface area contributed by atoms with Crippen molar-refractivity contribution in [3.8, 4) is 0 Å². The fraction of sp³-hybridized carbons (Fsp3) is 0.286. The van der Waals surface area contributed by atoms with Crippen LogP contribution < -0.4 is 5.32 Å². The van der Waals surface area contributed by atoms with Gasteiger partial charge in [-0.2, -0.15) is 5.10 Å². The molecule has 0 radical (unpaired) electrons. The molecule has 26 heavy (non-hydrogen) atoms. The van der Waals surface area contributed by atoms with Crippen LogP contribution in [0.3, 0.4) is 0 Å². The molecular formula is C21H20N4O. The third-order valence-corrected chi connectivity index (χ3v) is 5.76. The zero-order valence-electron chi connectivity index (χ0n) is 14.4. The van der Waals surface area contributed by atoms with Crippen LogP contribution in [0.25, 0.3) is 0 Å². The average molecular weight is 344 g/mol. The summed E-state index contributed by atoms with van der Waals surface area (Å²) in [6.45, 7) is 0.908. The number of benzene rings is 2. The minimum Gasteiger partial charge on any atom is -0.354 e. The van der Waals surface area contributed by atoms with E-state index < -0.39 is 0 Å². The Labute approximate surface area is 152 Å². The highest BCUT2D eigenvalue weighted by Gasteiger charge is 2.42. The molecular weight excluding hydrogens is 324 g/mol. The molecule has 3 aliphatic carbocycles. The van der Waals surface area contributed by atoms with E-state index in [0.29, 0.717) is 24.3 Å². The van der Waals surface area contributed by atoms with Gasteiger partial charge in [-0.15, -0.1) is 0 Å². The van der Waals surface area contributed by atoms with E-state index in [1.54, 1.807) is 11.0 Å². The minimum absolute atomic E-state index is 0.0153. The van der Waals surface area contributed by atoms with Gasteiger partial charge in [0.15, 0.2) is 0 Å². The lowest BCUT2D eigenvalue weighted by molar-refractivity contribution is -0.122. The van der Waals surface area contributed by atoms with Crippen molar-refractivity contribution in [2.45, 2.75) is 24.8 Å². The van der Waals surface area contributed by atoms with E-state index in [1.165, 1.54) is 28.6 Å². The number of nitrogens with one attached hydrogen (secondary N) is 1. The van der Waals surface area contributed by atoms with Crippen LogP contribution in [-0.4, -0.2) is 27.2 Å². The van der Waals surface area contributed by atoms with Gasteiger partial charge in [0.1, 0.15) is 19.2 Å². The summed E-state index contributed by atoms with van der Waals surface area (Å²) in [5, 5.41) is 7.10. The van der Waals surface area contributed by atoms with Gasteiger partial charge >= 0.3 is 0 Å². The number of nitrogens with zero attached hydrogens (tertiary/aromatic N) is 3. The zero-order valence-corrected chi connectivity index (χ0v) is 14.4. The molecule has 130 valence electrons. The van der Waals surface area contributed by atoms with Gasteiger partial charge in [-0.25, -0.2) is 9.67 Å². The number of hydrogen-bond donors (Lipinski definition) is 1. The lowest BCUT2D eigenvalue weighted by atomic mass is 9.59. The molecule has 1 atom stereocenters. The Kier molecular flexibility index (Phi) is 3.59. The number of rotatable bonds is 4. The number of carbonyl (C=O) groups is 1. The van der Waals surface area contributed by atoms with Crippen LogP contribution >= 0.6 is 0 Å². The largest absolute Gasteiger partial charge is 0.354 e. The van der Waals surface area contributed by atoms with Crippen molar-refractivity contribution in [2.75, 3.05) is 6.54 Å². The maximum absolute atomic E-state index is 12.3. The van der Waals surface area contributed by atoms with Gasteiger partial charge in [-0.3, -0.25) is 4.79 Å². The molecule has 0 saturated carbocycles. The van der Waals surface area contributed by atoms with Gasteiger partial charge in [-0.1, -0.05) is 48.5 Å². The smallest absolute Gasteiger partial charge is 0.241 e. The highest BCUT2D eigenvalue weighted by Crippen LogP contribution is 2.55. The molecule has 0 saturated heterocycles. The summed E-state index contributed by atoms with van der Waals surface area (Å²) in [6.07, 6.45) is 4.10. The van der Waals surface area contributed by atoms with Crippen LogP contribution in [0.5, 0.6) is 0 Å². The molecule has 1 amide bonds. The molecule has 2 aromatic carbocycles. The van der Waals surface area contributed by atoms with Crippen LogP contribution in [0.1, 0.15) is 40.5 Å². The Hall–Kier alpha value is -2.95. The van der Waals surface area contributed by atoms with Crippen molar-refractivity contribution in [2.24, 2.45) is 5.92 Å². The van der Waals surface area contributed by atoms with E-state index >= 15 is 0 Å². The van der Waals surface area contributed by atoms with Gasteiger partial charge in [0.25, 0.3) is 0 Å². The predicted molar refractivity (Wildman–Crippen MR) is 97.7 cm³/mol. The van der Waals surface area contributed by atoms with Gasteiger partial charge in [0.05, 0.1) is 0 Å². The SMILES string of the molecule is O=C(Cn1cncn1)NCC1CC2c3ccccc3C1c1ccccc12. The third kappa shape index (κ3) is 2.43. The normalized spacial score (nSPS) is 22.5. The number of aromatic nitrogens is 3. The van der Waals surface area contributed by atoms with Crippen LogP contribution in [0.4, 0.5) is 0 Å². The monoisotopic (exact) mass is 344 g/mol. The third-order valence-electron chi connectivity index (χ3n) is 5.76. The topological polar surface area (TPSA) is 59.8 Å². The van der Waals surface area contributed by atoms with Gasteiger partial charge in [-0.05, 0) is 34.6 Å². The first kappa shape index (κ1) is 15.3. The molecule has 6 rings (SSSR count). The molecule has 0 spiro atoms. The van der Waals surface area contributed by atoms with Crippen molar-refractivity contribution in [1.29, 1.82) is 0 Å². The maximum atomic E-state index is 12.3. The van der Waals surface area contributed by atoms with Crippen LogP contribution in [-0.2, 0) is 11.3 Å². The molecule has 1 heterocycles. The highest BCUT2D eigenvalue weighted by atomic mass is 16.2. The number of fused-ring (bicyclic) bond motifs is 1. The summed E-state index contributed by atoms with van der Waals surface area (Å²) in [7, 11) is 0. The summed E-state index contributed by atoms with van der Waals surface area (Å²) in [5.41, 5.74) is 5.78. The first-order valence-corrected chi connectivity index (χ1v) is 9.08. The van der Waals surface area contributed by atoms with Crippen molar-refractivity contribution in [3.63, 3.8) is 0 Å². The fourth-order valence-electron chi connectivity index (χ4n) is 4.72.